The summed E-state index contributed by atoms with van der Waals surface area (Å²) in [5, 5.41) is 19.1. The molecule has 0 radical (unpaired) electrons. The molecule has 2 aromatic carbocycles. The number of aromatic hydroxyl groups is 1. The Hall–Kier alpha value is -2.83. The second-order valence-corrected chi connectivity index (χ2v) is 6.65. The van der Waals surface area contributed by atoms with Gasteiger partial charge in [0.2, 0.25) is 0 Å². The normalized spacial score (nSPS) is 9.47. The molecule has 0 fully saturated rings. The van der Waals surface area contributed by atoms with E-state index in [0.717, 1.165) is 31.1 Å². The molecule has 0 heterocycles. The van der Waals surface area contributed by atoms with E-state index in [1.54, 1.807) is 19.2 Å². The third-order valence-corrected chi connectivity index (χ3v) is 4.12. The summed E-state index contributed by atoms with van der Waals surface area (Å²) < 4.78 is 0. The van der Waals surface area contributed by atoms with Gasteiger partial charge in [-0.15, -0.1) is 6.58 Å². The molecule has 30 heavy (non-hydrogen) atoms. The van der Waals surface area contributed by atoms with E-state index in [9.17, 15) is 4.79 Å². The highest BCUT2D eigenvalue weighted by Gasteiger charge is 2.03. The smallest absolute Gasteiger partial charge is 0.290 e. The summed E-state index contributed by atoms with van der Waals surface area (Å²) in [4.78, 5) is 21.7. The maximum atomic E-state index is 10.9. The molecule has 0 atom stereocenters. The Morgan fingerprint density at radius 2 is 1.70 bits per heavy atom. The largest absolute Gasteiger partial charge is 0.508 e. The molecule has 0 aliphatic carbocycles. The Morgan fingerprint density at radius 1 is 1.13 bits per heavy atom. The van der Waals surface area contributed by atoms with Gasteiger partial charge in [0.25, 0.3) is 12.4 Å². The average molecular weight is 435 g/mol. The standard InChI is InChI=1S/C14H20ClN.C8H9NO2.CH2O2/c1-3-5-11-16(10-4-2)12-13-6-8-14(15)9-7-13;1-9-8(11)6-2-4-7(10)5-3-6;2-1-3/h3,6-9H,1,4-5,10-12H2,2H3;2-5,10H,1H3,(H,9,11);1H,(H,2,3). The lowest BCUT2D eigenvalue weighted by Gasteiger charge is -2.21. The summed E-state index contributed by atoms with van der Waals surface area (Å²) in [6, 6.07) is 14.2. The minimum absolute atomic E-state index is 0.148. The van der Waals surface area contributed by atoms with Crippen molar-refractivity contribution in [1.82, 2.24) is 10.2 Å². The third-order valence-electron chi connectivity index (χ3n) is 3.87. The Balaban J connectivity index is 0.000000521. The first-order valence-electron chi connectivity index (χ1n) is 9.58. The summed E-state index contributed by atoms with van der Waals surface area (Å²) in [7, 11) is 1.56. The summed E-state index contributed by atoms with van der Waals surface area (Å²) in [5.41, 5.74) is 1.87. The minimum Gasteiger partial charge on any atom is -0.508 e. The SMILES string of the molecule is C=CCCN(CCC)Cc1ccc(Cl)cc1.CNC(=O)c1ccc(O)cc1.O=CO. The van der Waals surface area contributed by atoms with E-state index in [1.165, 1.54) is 24.1 Å². The van der Waals surface area contributed by atoms with Crippen LogP contribution in [0.5, 0.6) is 5.75 Å². The molecule has 0 aliphatic rings. The fraction of sp³-hybridized carbons (Fsp3) is 0.304. The molecule has 3 N–H and O–H groups in total. The molecular formula is C23H31ClN2O4. The number of hydrogen-bond acceptors (Lipinski definition) is 4. The van der Waals surface area contributed by atoms with Gasteiger partial charge in [0.15, 0.2) is 0 Å². The van der Waals surface area contributed by atoms with Crippen LogP contribution in [-0.2, 0) is 11.3 Å². The summed E-state index contributed by atoms with van der Waals surface area (Å²) in [6.07, 6.45) is 4.21. The fourth-order valence-corrected chi connectivity index (χ4v) is 2.59. The summed E-state index contributed by atoms with van der Waals surface area (Å²) >= 11 is 5.87. The van der Waals surface area contributed by atoms with Gasteiger partial charge in [-0.05, 0) is 61.3 Å². The molecule has 0 aliphatic heterocycles. The molecule has 2 aromatic rings. The minimum atomic E-state index is -0.250. The van der Waals surface area contributed by atoms with E-state index in [1.807, 2.05) is 18.2 Å². The lowest BCUT2D eigenvalue weighted by Crippen LogP contribution is -2.24. The van der Waals surface area contributed by atoms with Crippen LogP contribution in [0.3, 0.4) is 0 Å². The molecule has 0 saturated carbocycles. The van der Waals surface area contributed by atoms with E-state index in [4.69, 9.17) is 26.6 Å². The molecule has 164 valence electrons. The van der Waals surface area contributed by atoms with E-state index < -0.39 is 0 Å². The number of amides is 1. The van der Waals surface area contributed by atoms with Crippen LogP contribution in [0.15, 0.2) is 61.2 Å². The van der Waals surface area contributed by atoms with Gasteiger partial charge in [0.1, 0.15) is 5.75 Å². The molecule has 0 unspecified atom stereocenters. The number of carbonyl (C=O) groups is 2. The molecule has 0 bridgehead atoms. The summed E-state index contributed by atoms with van der Waals surface area (Å²) in [6.45, 7) is 8.95. The molecule has 0 spiro atoms. The zero-order valence-corrected chi connectivity index (χ0v) is 18.3. The maximum absolute atomic E-state index is 10.9. The first-order valence-corrected chi connectivity index (χ1v) is 9.96. The van der Waals surface area contributed by atoms with Gasteiger partial charge in [0.05, 0.1) is 0 Å². The van der Waals surface area contributed by atoms with Crippen LogP contribution in [0.2, 0.25) is 5.02 Å². The van der Waals surface area contributed by atoms with E-state index in [0.29, 0.717) is 5.56 Å². The van der Waals surface area contributed by atoms with Crippen LogP contribution >= 0.6 is 11.6 Å². The first-order chi connectivity index (χ1) is 14.4. The fourth-order valence-electron chi connectivity index (χ4n) is 2.47. The highest BCUT2D eigenvalue weighted by molar-refractivity contribution is 6.30. The van der Waals surface area contributed by atoms with Gasteiger partial charge < -0.3 is 15.5 Å². The van der Waals surface area contributed by atoms with Crippen molar-refractivity contribution in [2.24, 2.45) is 0 Å². The van der Waals surface area contributed by atoms with Gasteiger partial charge in [0, 0.05) is 30.7 Å². The third kappa shape index (κ3) is 12.6. The zero-order valence-electron chi connectivity index (χ0n) is 17.6. The van der Waals surface area contributed by atoms with Crippen molar-refractivity contribution < 1.29 is 19.8 Å². The number of hydrogen-bond donors (Lipinski definition) is 3. The van der Waals surface area contributed by atoms with Crippen LogP contribution in [0.25, 0.3) is 0 Å². The number of nitrogens with one attached hydrogen (secondary N) is 1. The second kappa shape index (κ2) is 17.1. The van der Waals surface area contributed by atoms with Crippen LogP contribution in [-0.4, -0.2) is 47.6 Å². The Kier molecular flexibility index (Phi) is 15.5. The van der Waals surface area contributed by atoms with Crippen LogP contribution < -0.4 is 5.32 Å². The van der Waals surface area contributed by atoms with Crippen molar-refractivity contribution in [3.63, 3.8) is 0 Å². The van der Waals surface area contributed by atoms with Crippen LogP contribution in [0.4, 0.5) is 0 Å². The van der Waals surface area contributed by atoms with E-state index in [-0.39, 0.29) is 18.1 Å². The van der Waals surface area contributed by atoms with Crippen molar-refractivity contribution in [3.05, 3.63) is 77.3 Å². The van der Waals surface area contributed by atoms with Gasteiger partial charge in [-0.25, -0.2) is 0 Å². The molecule has 0 aromatic heterocycles. The lowest BCUT2D eigenvalue weighted by atomic mass is 10.2. The predicted octanol–water partition coefficient (Wildman–Crippen LogP) is 4.58. The monoisotopic (exact) mass is 434 g/mol. The molecule has 1 amide bonds. The number of benzene rings is 2. The topological polar surface area (TPSA) is 89.9 Å². The second-order valence-electron chi connectivity index (χ2n) is 6.21. The Labute approximate surface area is 183 Å². The van der Waals surface area contributed by atoms with Crippen LogP contribution in [0, 0.1) is 0 Å². The molecular weight excluding hydrogens is 404 g/mol. The number of rotatable bonds is 8. The Morgan fingerprint density at radius 3 is 2.17 bits per heavy atom. The number of carbonyl (C=O) groups excluding carboxylic acids is 1. The highest BCUT2D eigenvalue weighted by Crippen LogP contribution is 2.12. The quantitative estimate of drug-likeness (QED) is 0.418. The van der Waals surface area contributed by atoms with Crippen molar-refractivity contribution in [3.8, 4) is 5.75 Å². The van der Waals surface area contributed by atoms with Crippen molar-refractivity contribution in [2.75, 3.05) is 20.1 Å². The van der Waals surface area contributed by atoms with Crippen molar-refractivity contribution in [1.29, 1.82) is 0 Å². The lowest BCUT2D eigenvalue weighted by molar-refractivity contribution is -0.122. The summed E-state index contributed by atoms with van der Waals surface area (Å²) in [5.74, 6) is 0.0163. The molecule has 0 saturated heterocycles. The van der Waals surface area contributed by atoms with Gasteiger partial charge in [-0.3, -0.25) is 14.5 Å². The Bertz CT molecular complexity index is 734. The van der Waals surface area contributed by atoms with E-state index in [2.05, 4.69) is 35.9 Å². The average Bonchev–Trinajstić information content (AvgIpc) is 2.75. The molecule has 7 heteroatoms. The predicted molar refractivity (Wildman–Crippen MR) is 122 cm³/mol. The van der Waals surface area contributed by atoms with Crippen molar-refractivity contribution >= 4 is 24.0 Å². The van der Waals surface area contributed by atoms with Gasteiger partial charge in [-0.2, -0.15) is 0 Å². The van der Waals surface area contributed by atoms with Crippen LogP contribution in [0.1, 0.15) is 35.7 Å². The number of nitrogens with zero attached hydrogens (tertiary/aromatic N) is 1. The molecule has 6 nitrogen and oxygen atoms in total. The van der Waals surface area contributed by atoms with Gasteiger partial charge in [-0.1, -0.05) is 36.7 Å². The van der Waals surface area contributed by atoms with E-state index >= 15 is 0 Å². The van der Waals surface area contributed by atoms with Gasteiger partial charge >= 0.3 is 0 Å². The highest BCUT2D eigenvalue weighted by atomic mass is 35.5. The van der Waals surface area contributed by atoms with Crippen molar-refractivity contribution in [2.45, 2.75) is 26.3 Å². The molecule has 2 rings (SSSR count). The first kappa shape index (κ1) is 27.2. The zero-order chi connectivity index (χ0) is 22.8. The maximum Gasteiger partial charge on any atom is 0.290 e. The number of carboxylic acid groups (broad SMARTS) is 1. The number of halogens is 1. The number of phenols is 1. The number of phenolic OH excluding ortho intramolecular Hbond substituents is 1.